The van der Waals surface area contributed by atoms with Gasteiger partial charge in [0.05, 0.1) is 0 Å². The zero-order chi connectivity index (χ0) is 47.5. The first-order valence-electron chi connectivity index (χ1n) is 24.8. The van der Waals surface area contributed by atoms with Gasteiger partial charge in [0, 0.05) is 34.1 Å². The number of para-hydroxylation sites is 2. The molecule has 2 nitrogen and oxygen atoms in total. The number of nitrogens with zero attached hydrogens (tertiary/aromatic N) is 2. The summed E-state index contributed by atoms with van der Waals surface area (Å²) in [5.41, 5.74) is 11.3. The van der Waals surface area contributed by atoms with E-state index < -0.39 is 0 Å². The molecule has 0 heterocycles. The van der Waals surface area contributed by atoms with Crippen LogP contribution in [-0.2, 0) is 0 Å². The fraction of sp³-hybridized carbons (Fsp3) is 0. The van der Waals surface area contributed by atoms with Gasteiger partial charge in [0.2, 0.25) is 0 Å². The maximum Gasteiger partial charge on any atom is 0.0468 e. The average molecular weight is 915 g/mol. The zero-order valence-electron chi connectivity index (χ0n) is 39.5. The van der Waals surface area contributed by atoms with Crippen molar-refractivity contribution >= 4 is 110 Å². The second kappa shape index (κ2) is 17.2. The fourth-order valence-corrected chi connectivity index (χ4v) is 11.3. The zero-order valence-corrected chi connectivity index (χ0v) is 39.5. The molecule has 0 unspecified atom stereocenters. The molecule has 0 saturated carbocycles. The molecule has 2 heteroatoms. The highest BCUT2D eigenvalue weighted by molar-refractivity contribution is 6.24. The van der Waals surface area contributed by atoms with E-state index in [4.69, 9.17) is 0 Å². The summed E-state index contributed by atoms with van der Waals surface area (Å²) >= 11 is 0. The largest absolute Gasteiger partial charge is 0.310 e. The van der Waals surface area contributed by atoms with Crippen LogP contribution in [0.25, 0.3) is 97.7 Å². The first-order chi connectivity index (χ1) is 35.7. The third-order valence-electron chi connectivity index (χ3n) is 14.7. The third-order valence-corrected chi connectivity index (χ3v) is 14.7. The van der Waals surface area contributed by atoms with Crippen LogP contribution in [-0.4, -0.2) is 0 Å². The lowest BCUT2D eigenvalue weighted by Crippen LogP contribution is -2.10. The van der Waals surface area contributed by atoms with E-state index >= 15 is 0 Å². The summed E-state index contributed by atoms with van der Waals surface area (Å²) < 4.78 is 0. The lowest BCUT2D eigenvalue weighted by atomic mass is 9.84. The van der Waals surface area contributed by atoms with Gasteiger partial charge < -0.3 is 9.80 Å². The summed E-state index contributed by atoms with van der Waals surface area (Å²) in [6.45, 7) is 0. The summed E-state index contributed by atoms with van der Waals surface area (Å²) in [5, 5.41) is 17.0. The van der Waals surface area contributed by atoms with Gasteiger partial charge in [0.25, 0.3) is 0 Å². The van der Waals surface area contributed by atoms with E-state index in [0.717, 1.165) is 34.1 Å². The van der Waals surface area contributed by atoms with Crippen LogP contribution >= 0.6 is 0 Å². The number of benzene rings is 14. The lowest BCUT2D eigenvalue weighted by Gasteiger charge is -2.28. The highest BCUT2D eigenvalue weighted by Gasteiger charge is 2.23. The van der Waals surface area contributed by atoms with Crippen LogP contribution in [0.15, 0.2) is 279 Å². The van der Waals surface area contributed by atoms with Gasteiger partial charge in [0.1, 0.15) is 0 Å². The van der Waals surface area contributed by atoms with Crippen molar-refractivity contribution in [2.75, 3.05) is 9.80 Å². The van der Waals surface area contributed by atoms with Crippen LogP contribution in [0.3, 0.4) is 0 Å². The van der Waals surface area contributed by atoms with Crippen molar-refractivity contribution < 1.29 is 0 Å². The number of hydrogen-bond donors (Lipinski definition) is 0. The Morgan fingerprint density at radius 2 is 0.500 bits per heavy atom. The molecular formula is C70H46N2. The normalized spacial score (nSPS) is 11.6. The smallest absolute Gasteiger partial charge is 0.0468 e. The van der Waals surface area contributed by atoms with Gasteiger partial charge >= 0.3 is 0 Å². The molecule has 0 atom stereocenters. The van der Waals surface area contributed by atoms with E-state index in [2.05, 4.69) is 289 Å². The van der Waals surface area contributed by atoms with E-state index in [1.807, 2.05) is 0 Å². The first kappa shape index (κ1) is 41.5. The standard InChI is InChI=1S/C70H46N2/c1-3-22-57(23-4-1)71(59-34-31-48-16-8-11-20-52(48)43-59)61-37-40-66-67(45-61)69(55-30-27-47-15-7-10-19-51(47)41-55)65-39-36-62(72(58-24-5-2-6-25-58)60-35-32-49-17-9-12-21-53(49)44-60)46-68(65)70(66)56-33-38-64-54(42-56)29-28-50-18-13-14-26-63(50)64/h1-46H. The molecule has 0 radical (unpaired) electrons. The molecule has 0 spiro atoms. The molecule has 0 amide bonds. The molecule has 0 bridgehead atoms. The van der Waals surface area contributed by atoms with Crippen LogP contribution in [0.5, 0.6) is 0 Å². The van der Waals surface area contributed by atoms with Crippen LogP contribution in [0.1, 0.15) is 0 Å². The average Bonchev–Trinajstić information content (AvgIpc) is 3.45. The highest BCUT2D eigenvalue weighted by atomic mass is 15.1. The summed E-state index contributed by atoms with van der Waals surface area (Å²) in [5.74, 6) is 0. The monoisotopic (exact) mass is 914 g/mol. The van der Waals surface area contributed by atoms with Crippen LogP contribution in [0, 0.1) is 0 Å². The Kier molecular flexibility index (Phi) is 9.89. The van der Waals surface area contributed by atoms with Gasteiger partial charge in [-0.25, -0.2) is 0 Å². The Morgan fingerprint density at radius 3 is 1.03 bits per heavy atom. The maximum atomic E-state index is 2.45. The minimum Gasteiger partial charge on any atom is -0.310 e. The molecule has 336 valence electrons. The lowest BCUT2D eigenvalue weighted by molar-refractivity contribution is 1.29. The van der Waals surface area contributed by atoms with Gasteiger partial charge in [-0.05, 0) is 183 Å². The molecule has 72 heavy (non-hydrogen) atoms. The third kappa shape index (κ3) is 7.12. The van der Waals surface area contributed by atoms with Gasteiger partial charge in [-0.3, -0.25) is 0 Å². The molecule has 0 N–H and O–H groups in total. The molecule has 0 aliphatic carbocycles. The summed E-state index contributed by atoms with van der Waals surface area (Å²) in [6, 6.07) is 103. The van der Waals surface area contributed by atoms with Crippen molar-refractivity contribution in [3.63, 3.8) is 0 Å². The molecular weight excluding hydrogens is 869 g/mol. The summed E-state index contributed by atoms with van der Waals surface area (Å²) in [6.07, 6.45) is 0. The van der Waals surface area contributed by atoms with Crippen molar-refractivity contribution in [2.24, 2.45) is 0 Å². The Morgan fingerprint density at radius 1 is 0.167 bits per heavy atom. The van der Waals surface area contributed by atoms with E-state index in [1.54, 1.807) is 0 Å². The molecule has 0 aliphatic heterocycles. The van der Waals surface area contributed by atoms with E-state index in [9.17, 15) is 0 Å². The fourth-order valence-electron chi connectivity index (χ4n) is 11.3. The predicted octanol–water partition coefficient (Wildman–Crippen LogP) is 20.0. The Labute approximate surface area is 418 Å². The SMILES string of the molecule is c1ccc(N(c2ccc3ccccc3c2)c2ccc3c(-c4ccc5c(ccc6ccccc65)c4)c4cc(N(c5ccccc5)c5ccc6ccccc6c5)ccc4c(-c4ccc5ccccc5c4)c3c2)cc1. The maximum absolute atomic E-state index is 2.45. The van der Waals surface area contributed by atoms with Gasteiger partial charge in [-0.1, -0.05) is 194 Å². The molecule has 0 saturated heterocycles. The van der Waals surface area contributed by atoms with Gasteiger partial charge in [0.15, 0.2) is 0 Å². The van der Waals surface area contributed by atoms with E-state index in [1.165, 1.54) is 97.7 Å². The Balaban J connectivity index is 1.09. The van der Waals surface area contributed by atoms with E-state index in [0.29, 0.717) is 0 Å². The Bertz CT molecular complexity index is 4410. The topological polar surface area (TPSA) is 6.48 Å². The highest BCUT2D eigenvalue weighted by Crippen LogP contribution is 2.49. The number of fused-ring (bicyclic) bond motifs is 8. The minimum atomic E-state index is 1.09. The minimum absolute atomic E-state index is 1.09. The predicted molar refractivity (Wildman–Crippen MR) is 309 cm³/mol. The van der Waals surface area contributed by atoms with Crippen molar-refractivity contribution in [3.8, 4) is 22.3 Å². The van der Waals surface area contributed by atoms with Crippen molar-refractivity contribution in [2.45, 2.75) is 0 Å². The molecule has 14 rings (SSSR count). The molecule has 14 aromatic rings. The van der Waals surface area contributed by atoms with Crippen LogP contribution < -0.4 is 9.80 Å². The Hall–Kier alpha value is -9.50. The number of rotatable bonds is 8. The molecule has 0 aromatic heterocycles. The molecule has 0 fully saturated rings. The van der Waals surface area contributed by atoms with Crippen LogP contribution in [0.4, 0.5) is 34.1 Å². The summed E-state index contributed by atoms with van der Waals surface area (Å²) in [4.78, 5) is 4.82. The van der Waals surface area contributed by atoms with Crippen molar-refractivity contribution in [1.29, 1.82) is 0 Å². The van der Waals surface area contributed by atoms with E-state index in [-0.39, 0.29) is 0 Å². The number of hydrogen-bond acceptors (Lipinski definition) is 2. The second-order valence-electron chi connectivity index (χ2n) is 18.9. The summed E-state index contributed by atoms with van der Waals surface area (Å²) in [7, 11) is 0. The number of anilines is 6. The van der Waals surface area contributed by atoms with Gasteiger partial charge in [-0.15, -0.1) is 0 Å². The van der Waals surface area contributed by atoms with Gasteiger partial charge in [-0.2, -0.15) is 0 Å². The van der Waals surface area contributed by atoms with Crippen molar-refractivity contribution in [1.82, 2.24) is 0 Å². The second-order valence-corrected chi connectivity index (χ2v) is 18.9. The first-order valence-corrected chi connectivity index (χ1v) is 24.8. The van der Waals surface area contributed by atoms with Crippen LogP contribution in [0.2, 0.25) is 0 Å². The van der Waals surface area contributed by atoms with Crippen molar-refractivity contribution in [3.05, 3.63) is 279 Å². The quantitative estimate of drug-likeness (QED) is 0.111. The molecule has 0 aliphatic rings. The molecule has 14 aromatic carbocycles.